The highest BCUT2D eigenvalue weighted by Gasteiger charge is 2.27. The minimum absolute atomic E-state index is 0.0156. The van der Waals surface area contributed by atoms with Crippen LogP contribution in [-0.4, -0.2) is 78.2 Å². The molecule has 5 rings (SSSR count). The van der Waals surface area contributed by atoms with Crippen molar-refractivity contribution in [3.05, 3.63) is 48.3 Å². The quantitative estimate of drug-likeness (QED) is 0.659. The van der Waals surface area contributed by atoms with Crippen LogP contribution < -0.4 is 10.6 Å². The summed E-state index contributed by atoms with van der Waals surface area (Å²) >= 11 is 0. The monoisotopic (exact) mass is 476 g/mol. The number of amides is 1. The van der Waals surface area contributed by atoms with Crippen LogP contribution in [0.3, 0.4) is 0 Å². The molecule has 2 heterocycles. The summed E-state index contributed by atoms with van der Waals surface area (Å²) in [6.07, 6.45) is 13.3. The molecule has 1 saturated heterocycles. The number of likely N-dealkylation sites (N-methyl/N-ethyl adjacent to an activating group) is 1. The Balaban J connectivity index is 1.24. The summed E-state index contributed by atoms with van der Waals surface area (Å²) in [6, 6.07) is 6.27. The second-order valence-corrected chi connectivity index (χ2v) is 9.92. The van der Waals surface area contributed by atoms with E-state index in [0.29, 0.717) is 12.0 Å². The molecule has 1 saturated carbocycles. The maximum absolute atomic E-state index is 13.0. The van der Waals surface area contributed by atoms with Gasteiger partial charge in [0.2, 0.25) is 11.9 Å². The first-order chi connectivity index (χ1) is 17.1. The van der Waals surface area contributed by atoms with Crippen LogP contribution >= 0.6 is 0 Å². The van der Waals surface area contributed by atoms with Crippen LogP contribution in [0.4, 0.5) is 11.6 Å². The lowest BCUT2D eigenvalue weighted by molar-refractivity contribution is -0.121. The number of aromatic nitrogens is 2. The fraction of sp³-hybridized carbons (Fsp3) is 0.519. The summed E-state index contributed by atoms with van der Waals surface area (Å²) < 4.78 is 5.44. The number of nitrogens with zero attached hydrogens (tertiary/aromatic N) is 4. The van der Waals surface area contributed by atoms with Crippen LogP contribution in [0.2, 0.25) is 0 Å². The number of benzene rings is 1. The Bertz CT molecular complexity index is 1100. The van der Waals surface area contributed by atoms with Gasteiger partial charge in [0.1, 0.15) is 0 Å². The average molecular weight is 477 g/mol. The average Bonchev–Trinajstić information content (AvgIpc) is 2.90. The normalized spacial score (nSPS) is 25.9. The Morgan fingerprint density at radius 2 is 1.91 bits per heavy atom. The molecule has 1 aromatic carbocycles. The van der Waals surface area contributed by atoms with Gasteiger partial charge in [0.05, 0.1) is 17.3 Å². The van der Waals surface area contributed by atoms with Gasteiger partial charge in [-0.1, -0.05) is 24.3 Å². The van der Waals surface area contributed by atoms with Crippen molar-refractivity contribution >= 4 is 28.4 Å². The van der Waals surface area contributed by atoms with Gasteiger partial charge in [0.25, 0.3) is 0 Å². The van der Waals surface area contributed by atoms with Crippen LogP contribution in [-0.2, 0) is 9.53 Å². The number of hydrogen-bond acceptors (Lipinski definition) is 7. The number of carbonyl (C=O) groups excluding carboxylic acids is 1. The molecule has 0 spiro atoms. The molecule has 186 valence electrons. The summed E-state index contributed by atoms with van der Waals surface area (Å²) in [4.78, 5) is 27.1. The van der Waals surface area contributed by atoms with Gasteiger partial charge in [-0.2, -0.15) is 0 Å². The molecular formula is C27H36N6O2. The van der Waals surface area contributed by atoms with Crippen LogP contribution in [0.5, 0.6) is 0 Å². The number of allylic oxidation sites excluding steroid dienone is 1. The number of carbonyl (C=O) groups is 1. The van der Waals surface area contributed by atoms with Crippen molar-refractivity contribution in [3.8, 4) is 0 Å². The lowest BCUT2D eigenvalue weighted by Crippen LogP contribution is -2.48. The fourth-order valence-corrected chi connectivity index (χ4v) is 5.27. The molecule has 2 aromatic rings. The highest BCUT2D eigenvalue weighted by Crippen LogP contribution is 2.29. The minimum atomic E-state index is 0.0156. The number of methoxy groups -OCH3 is 1. The summed E-state index contributed by atoms with van der Waals surface area (Å²) in [5, 5.41) is 7.39. The maximum Gasteiger partial charge on any atom is 0.227 e. The van der Waals surface area contributed by atoms with Gasteiger partial charge in [-0.25, -0.2) is 9.97 Å². The van der Waals surface area contributed by atoms with E-state index in [9.17, 15) is 4.79 Å². The van der Waals surface area contributed by atoms with Gasteiger partial charge < -0.3 is 20.3 Å². The summed E-state index contributed by atoms with van der Waals surface area (Å²) in [5.74, 6) is 0.615. The number of nitrogens with one attached hydrogen (secondary N) is 2. The first-order valence-electron chi connectivity index (χ1n) is 12.8. The molecule has 1 atom stereocenters. The SMILES string of the molecule is COC1CCC(C(=O)Nc2cccc3cnc(NC4=CCC(N5CCN(C)CC5)C=C4)nc23)CC1. The van der Waals surface area contributed by atoms with Crippen molar-refractivity contribution in [2.45, 2.75) is 44.2 Å². The number of piperazine rings is 1. The third-order valence-electron chi connectivity index (χ3n) is 7.59. The molecule has 2 aliphatic carbocycles. The predicted octanol–water partition coefficient (Wildman–Crippen LogP) is 3.65. The first kappa shape index (κ1) is 23.9. The zero-order chi connectivity index (χ0) is 24.2. The van der Waals surface area contributed by atoms with E-state index in [2.05, 4.69) is 50.7 Å². The number of ether oxygens (including phenoxy) is 1. The second kappa shape index (κ2) is 10.8. The van der Waals surface area contributed by atoms with Crippen LogP contribution in [0, 0.1) is 5.92 Å². The maximum atomic E-state index is 13.0. The largest absolute Gasteiger partial charge is 0.381 e. The van der Waals surface area contributed by atoms with E-state index in [-0.39, 0.29) is 17.9 Å². The van der Waals surface area contributed by atoms with Gasteiger partial charge in [0, 0.05) is 62.5 Å². The number of fused-ring (bicyclic) bond motifs is 1. The summed E-state index contributed by atoms with van der Waals surface area (Å²) in [7, 11) is 3.93. The molecule has 0 radical (unpaired) electrons. The molecule has 2 N–H and O–H groups in total. The van der Waals surface area contributed by atoms with E-state index < -0.39 is 0 Å². The number of para-hydroxylation sites is 1. The van der Waals surface area contributed by atoms with E-state index in [4.69, 9.17) is 9.72 Å². The Hall–Kier alpha value is -2.81. The molecule has 8 heteroatoms. The third kappa shape index (κ3) is 5.72. The molecule has 1 unspecified atom stereocenters. The standard InChI is InChI=1S/C27H36N6O2/c1-32-14-16-33(17-15-32)22-10-8-21(9-11-22)29-27-28-18-20-4-3-5-24(25(20)31-27)30-26(34)19-6-12-23(35-2)13-7-19/h3-5,8-10,18-19,22-23H,6-7,11-17H2,1-2H3,(H,30,34)(H,28,29,31). The van der Waals surface area contributed by atoms with Crippen molar-refractivity contribution in [1.82, 2.24) is 19.8 Å². The number of anilines is 2. The van der Waals surface area contributed by atoms with E-state index in [0.717, 1.165) is 80.6 Å². The molecule has 0 bridgehead atoms. The summed E-state index contributed by atoms with van der Waals surface area (Å²) in [6.45, 7) is 4.46. The minimum Gasteiger partial charge on any atom is -0.381 e. The van der Waals surface area contributed by atoms with Gasteiger partial charge in [-0.15, -0.1) is 0 Å². The molecule has 3 aliphatic rings. The Labute approximate surface area is 207 Å². The van der Waals surface area contributed by atoms with Crippen molar-refractivity contribution in [2.24, 2.45) is 5.92 Å². The van der Waals surface area contributed by atoms with Gasteiger partial charge >= 0.3 is 0 Å². The lowest BCUT2D eigenvalue weighted by atomic mass is 9.86. The Morgan fingerprint density at radius 1 is 1.11 bits per heavy atom. The number of hydrogen-bond donors (Lipinski definition) is 2. The van der Waals surface area contributed by atoms with Crippen molar-refractivity contribution in [1.29, 1.82) is 0 Å². The molecule has 1 amide bonds. The number of rotatable bonds is 6. The van der Waals surface area contributed by atoms with E-state index in [1.54, 1.807) is 7.11 Å². The van der Waals surface area contributed by atoms with E-state index >= 15 is 0 Å². The van der Waals surface area contributed by atoms with Crippen molar-refractivity contribution < 1.29 is 9.53 Å². The molecule has 1 aromatic heterocycles. The Morgan fingerprint density at radius 3 is 2.63 bits per heavy atom. The molecule has 8 nitrogen and oxygen atoms in total. The zero-order valence-electron chi connectivity index (χ0n) is 20.7. The van der Waals surface area contributed by atoms with E-state index in [1.807, 2.05) is 24.4 Å². The molecule has 35 heavy (non-hydrogen) atoms. The van der Waals surface area contributed by atoms with E-state index in [1.165, 1.54) is 0 Å². The van der Waals surface area contributed by atoms with Crippen molar-refractivity contribution in [2.75, 3.05) is 51.0 Å². The predicted molar refractivity (Wildman–Crippen MR) is 139 cm³/mol. The molecular weight excluding hydrogens is 440 g/mol. The van der Waals surface area contributed by atoms with Gasteiger partial charge in [-0.05, 0) is 51.3 Å². The van der Waals surface area contributed by atoms with Crippen LogP contribution in [0.1, 0.15) is 32.1 Å². The highest BCUT2D eigenvalue weighted by atomic mass is 16.5. The van der Waals surface area contributed by atoms with Gasteiger partial charge in [-0.3, -0.25) is 9.69 Å². The second-order valence-electron chi connectivity index (χ2n) is 9.92. The Kier molecular flexibility index (Phi) is 7.41. The highest BCUT2D eigenvalue weighted by molar-refractivity contribution is 6.01. The molecule has 1 aliphatic heterocycles. The summed E-state index contributed by atoms with van der Waals surface area (Å²) in [5.41, 5.74) is 2.49. The third-order valence-corrected chi connectivity index (χ3v) is 7.59. The fourth-order valence-electron chi connectivity index (χ4n) is 5.27. The van der Waals surface area contributed by atoms with Crippen molar-refractivity contribution in [3.63, 3.8) is 0 Å². The lowest BCUT2D eigenvalue weighted by Gasteiger charge is -2.37. The van der Waals surface area contributed by atoms with Crippen LogP contribution in [0.25, 0.3) is 10.9 Å². The zero-order valence-corrected chi connectivity index (χ0v) is 20.7. The van der Waals surface area contributed by atoms with Crippen LogP contribution in [0.15, 0.2) is 48.3 Å². The van der Waals surface area contributed by atoms with Gasteiger partial charge in [0.15, 0.2) is 0 Å². The molecule has 2 fully saturated rings. The first-order valence-corrected chi connectivity index (χ1v) is 12.8. The topological polar surface area (TPSA) is 82.6 Å². The smallest absolute Gasteiger partial charge is 0.227 e.